The van der Waals surface area contributed by atoms with Gasteiger partial charge in [0, 0.05) is 12.6 Å². The van der Waals surface area contributed by atoms with E-state index in [2.05, 4.69) is 0 Å². The normalized spacial score (nSPS) is 10.3. The maximum atomic E-state index is 12.1. The van der Waals surface area contributed by atoms with Crippen LogP contribution < -0.4 is 4.90 Å². The van der Waals surface area contributed by atoms with Crippen LogP contribution in [0.2, 0.25) is 4.34 Å². The molecule has 0 fully saturated rings. The maximum absolute atomic E-state index is 12.1. The summed E-state index contributed by atoms with van der Waals surface area (Å²) in [6.45, 7) is 3.18. The van der Waals surface area contributed by atoms with Gasteiger partial charge in [-0.05, 0) is 24.6 Å². The lowest BCUT2D eigenvalue weighted by atomic mass is 10.2. The molecule has 1 aromatic carbocycles. The summed E-state index contributed by atoms with van der Waals surface area (Å²) < 4.78 is 5.27. The maximum Gasteiger partial charge on any atom is 0.341 e. The fourth-order valence-electron chi connectivity index (χ4n) is 1.99. The van der Waals surface area contributed by atoms with E-state index in [0.29, 0.717) is 26.2 Å². The zero-order valence-electron chi connectivity index (χ0n) is 11.8. The number of carbonyl (C=O) groups is 2. The van der Waals surface area contributed by atoms with Crippen LogP contribution in [0.5, 0.6) is 0 Å². The number of para-hydroxylation sites is 1. The van der Waals surface area contributed by atoms with E-state index < -0.39 is 5.97 Å². The molecule has 2 aromatic rings. The van der Waals surface area contributed by atoms with Crippen LogP contribution in [-0.2, 0) is 9.53 Å². The van der Waals surface area contributed by atoms with Crippen molar-refractivity contribution in [2.75, 3.05) is 12.0 Å². The second-order valence-corrected chi connectivity index (χ2v) is 5.96. The lowest BCUT2D eigenvalue weighted by Crippen LogP contribution is -2.23. The molecule has 0 aliphatic heterocycles. The second-order valence-electron chi connectivity index (χ2n) is 4.36. The van der Waals surface area contributed by atoms with Gasteiger partial charge < -0.3 is 4.74 Å². The number of halogens is 1. The summed E-state index contributed by atoms with van der Waals surface area (Å²) in [7, 11) is 1.30. The average molecular weight is 324 g/mol. The molecule has 21 heavy (non-hydrogen) atoms. The van der Waals surface area contributed by atoms with Gasteiger partial charge in [0.2, 0.25) is 5.91 Å². The molecule has 0 bridgehead atoms. The van der Waals surface area contributed by atoms with Crippen LogP contribution in [0.1, 0.15) is 22.8 Å². The summed E-state index contributed by atoms with van der Waals surface area (Å²) in [6.07, 6.45) is 0. The van der Waals surface area contributed by atoms with Crippen LogP contribution >= 0.6 is 22.9 Å². The number of anilines is 2. The quantitative estimate of drug-likeness (QED) is 0.796. The van der Waals surface area contributed by atoms with Crippen molar-refractivity contribution < 1.29 is 14.3 Å². The first-order chi connectivity index (χ1) is 9.97. The Labute approximate surface area is 131 Å². The van der Waals surface area contributed by atoms with E-state index in [0.717, 1.165) is 0 Å². The topological polar surface area (TPSA) is 46.6 Å². The number of rotatable bonds is 3. The lowest BCUT2D eigenvalue weighted by molar-refractivity contribution is -0.115. The van der Waals surface area contributed by atoms with Crippen LogP contribution in [0.3, 0.4) is 0 Å². The molecule has 0 atom stereocenters. The number of methoxy groups -OCH3 is 1. The third-order valence-electron chi connectivity index (χ3n) is 2.99. The van der Waals surface area contributed by atoms with E-state index in [9.17, 15) is 9.59 Å². The predicted octanol–water partition coefficient (Wildman–Crippen LogP) is 4.18. The first-order valence-corrected chi connectivity index (χ1v) is 7.39. The third kappa shape index (κ3) is 2.94. The largest absolute Gasteiger partial charge is 0.465 e. The molecule has 0 unspecified atom stereocenters. The molecule has 1 heterocycles. The summed E-state index contributed by atoms with van der Waals surface area (Å²) >= 11 is 7.33. The molecule has 0 aliphatic carbocycles. The van der Waals surface area contributed by atoms with Crippen molar-refractivity contribution >= 4 is 45.5 Å². The van der Waals surface area contributed by atoms with Gasteiger partial charge in [0.1, 0.15) is 5.00 Å². The number of hydrogen-bond donors (Lipinski definition) is 0. The van der Waals surface area contributed by atoms with Crippen LogP contribution in [0.25, 0.3) is 0 Å². The smallest absolute Gasteiger partial charge is 0.341 e. The minimum absolute atomic E-state index is 0.204. The van der Waals surface area contributed by atoms with Crippen LogP contribution in [-0.4, -0.2) is 19.0 Å². The SMILES string of the molecule is COC(=O)c1c(N(C(C)=O)c2ccccc2)sc(Cl)c1C. The molecular weight excluding hydrogens is 310 g/mol. The number of esters is 1. The average Bonchev–Trinajstić information content (AvgIpc) is 2.75. The van der Waals surface area contributed by atoms with Crippen molar-refractivity contribution in [3.05, 3.63) is 45.8 Å². The highest BCUT2D eigenvalue weighted by Crippen LogP contribution is 2.42. The van der Waals surface area contributed by atoms with Crippen molar-refractivity contribution in [1.29, 1.82) is 0 Å². The van der Waals surface area contributed by atoms with Gasteiger partial charge in [-0.2, -0.15) is 0 Å². The Kier molecular flexibility index (Phi) is 4.65. The summed E-state index contributed by atoms with van der Waals surface area (Å²) in [5.41, 5.74) is 1.62. The minimum atomic E-state index is -0.507. The van der Waals surface area contributed by atoms with E-state index in [1.165, 1.54) is 30.3 Å². The van der Waals surface area contributed by atoms with Gasteiger partial charge in [0.05, 0.1) is 17.0 Å². The van der Waals surface area contributed by atoms with Crippen LogP contribution in [0.4, 0.5) is 10.7 Å². The monoisotopic (exact) mass is 323 g/mol. The van der Waals surface area contributed by atoms with Crippen molar-refractivity contribution in [2.45, 2.75) is 13.8 Å². The number of thiophene rings is 1. The van der Waals surface area contributed by atoms with Gasteiger partial charge in [-0.15, -0.1) is 11.3 Å². The number of amides is 1. The molecule has 0 spiro atoms. The van der Waals surface area contributed by atoms with Gasteiger partial charge in [-0.3, -0.25) is 9.69 Å². The van der Waals surface area contributed by atoms with E-state index in [1.807, 2.05) is 18.2 Å². The first-order valence-electron chi connectivity index (χ1n) is 6.20. The van der Waals surface area contributed by atoms with E-state index in [4.69, 9.17) is 16.3 Å². The Hall–Kier alpha value is -1.85. The molecule has 1 aromatic heterocycles. The highest BCUT2D eigenvalue weighted by atomic mass is 35.5. The summed E-state index contributed by atoms with van der Waals surface area (Å²) in [6, 6.07) is 9.10. The Balaban J connectivity index is 2.65. The Morgan fingerprint density at radius 1 is 1.24 bits per heavy atom. The highest BCUT2D eigenvalue weighted by Gasteiger charge is 2.27. The van der Waals surface area contributed by atoms with Crippen molar-refractivity contribution in [3.63, 3.8) is 0 Å². The molecule has 1 amide bonds. The fourth-order valence-corrected chi connectivity index (χ4v) is 3.39. The van der Waals surface area contributed by atoms with Gasteiger partial charge in [-0.1, -0.05) is 29.8 Å². The molecule has 110 valence electrons. The van der Waals surface area contributed by atoms with Crippen molar-refractivity contribution in [1.82, 2.24) is 0 Å². The van der Waals surface area contributed by atoms with E-state index >= 15 is 0 Å². The minimum Gasteiger partial charge on any atom is -0.465 e. The number of carbonyl (C=O) groups excluding carboxylic acids is 2. The van der Waals surface area contributed by atoms with Gasteiger partial charge in [0.15, 0.2) is 0 Å². The van der Waals surface area contributed by atoms with Crippen molar-refractivity contribution in [2.24, 2.45) is 0 Å². The standard InChI is InChI=1S/C15H14ClNO3S/c1-9-12(15(19)20-3)14(21-13(9)16)17(10(2)18)11-7-5-4-6-8-11/h4-8H,1-3H3. The number of nitrogens with zero attached hydrogens (tertiary/aromatic N) is 1. The molecule has 4 nitrogen and oxygen atoms in total. The molecule has 0 N–H and O–H groups in total. The van der Waals surface area contributed by atoms with Crippen LogP contribution in [0, 0.1) is 6.92 Å². The fraction of sp³-hybridized carbons (Fsp3) is 0.200. The third-order valence-corrected chi connectivity index (χ3v) is 4.57. The van der Waals surface area contributed by atoms with Crippen LogP contribution in [0.15, 0.2) is 30.3 Å². The molecule has 2 rings (SSSR count). The number of benzene rings is 1. The zero-order chi connectivity index (χ0) is 15.6. The summed E-state index contributed by atoms with van der Waals surface area (Å²) in [5, 5.41) is 0.475. The zero-order valence-corrected chi connectivity index (χ0v) is 13.4. The van der Waals surface area contributed by atoms with Crippen molar-refractivity contribution in [3.8, 4) is 0 Å². The molecule has 6 heteroatoms. The van der Waals surface area contributed by atoms with Gasteiger partial charge in [0.25, 0.3) is 0 Å². The number of ether oxygens (including phenoxy) is 1. The molecule has 0 aliphatic rings. The van der Waals surface area contributed by atoms with Gasteiger partial charge >= 0.3 is 5.97 Å². The molecule has 0 saturated heterocycles. The highest BCUT2D eigenvalue weighted by molar-refractivity contribution is 7.20. The second kappa shape index (κ2) is 6.28. The summed E-state index contributed by atoms with van der Waals surface area (Å²) in [5.74, 6) is -0.711. The first kappa shape index (κ1) is 15.5. The van der Waals surface area contributed by atoms with E-state index in [1.54, 1.807) is 19.1 Å². The van der Waals surface area contributed by atoms with E-state index in [-0.39, 0.29) is 5.91 Å². The summed E-state index contributed by atoms with van der Waals surface area (Å²) in [4.78, 5) is 25.5. The van der Waals surface area contributed by atoms with Gasteiger partial charge in [-0.25, -0.2) is 4.79 Å². The Morgan fingerprint density at radius 3 is 2.38 bits per heavy atom. The molecule has 0 saturated carbocycles. The Bertz CT molecular complexity index is 682. The molecule has 0 radical (unpaired) electrons. The lowest BCUT2D eigenvalue weighted by Gasteiger charge is -2.20. The molecular formula is C15H14ClNO3S. The Morgan fingerprint density at radius 2 is 1.86 bits per heavy atom. The predicted molar refractivity (Wildman–Crippen MR) is 84.7 cm³/mol. The number of hydrogen-bond acceptors (Lipinski definition) is 4.